The molecule has 2 amide bonds. The van der Waals surface area contributed by atoms with Crippen molar-refractivity contribution in [3.8, 4) is 0 Å². The zero-order valence-electron chi connectivity index (χ0n) is 12.2. The van der Waals surface area contributed by atoms with Crippen LogP contribution >= 0.6 is 0 Å². The van der Waals surface area contributed by atoms with E-state index < -0.39 is 17.9 Å². The second-order valence-electron chi connectivity index (χ2n) is 4.43. The van der Waals surface area contributed by atoms with Crippen molar-refractivity contribution in [1.82, 2.24) is 0 Å². The van der Waals surface area contributed by atoms with E-state index in [4.69, 9.17) is 5.73 Å². The largest absolute Gasteiger partial charge is 0.464 e. The molecule has 1 rings (SSSR count). The Balaban J connectivity index is 2.75. The second kappa shape index (κ2) is 7.39. The summed E-state index contributed by atoms with van der Waals surface area (Å²) >= 11 is 0. The summed E-state index contributed by atoms with van der Waals surface area (Å²) < 4.78 is 4.68. The molecule has 1 aromatic rings. The molecule has 0 bridgehead atoms. The van der Waals surface area contributed by atoms with E-state index in [2.05, 4.69) is 15.4 Å². The standard InChI is InChI=1S/C14H19N3O4/c1-4-21-14(20)12(15)13(19)17-10-5-6-11(8(2)7-10)16-9(3)18/h5-7,12H,4,15H2,1-3H3,(H,16,18)(H,17,19). The monoisotopic (exact) mass is 293 g/mol. The average molecular weight is 293 g/mol. The van der Waals surface area contributed by atoms with Crippen LogP contribution < -0.4 is 16.4 Å². The summed E-state index contributed by atoms with van der Waals surface area (Å²) in [6.45, 7) is 4.98. The van der Waals surface area contributed by atoms with Crippen molar-refractivity contribution in [2.75, 3.05) is 17.2 Å². The molecule has 0 aromatic heterocycles. The fourth-order valence-electron chi connectivity index (χ4n) is 1.63. The molecule has 114 valence electrons. The van der Waals surface area contributed by atoms with Gasteiger partial charge in [0.15, 0.2) is 6.04 Å². The van der Waals surface area contributed by atoms with Gasteiger partial charge in [-0.2, -0.15) is 0 Å². The highest BCUT2D eigenvalue weighted by atomic mass is 16.5. The molecule has 1 unspecified atom stereocenters. The maximum Gasteiger partial charge on any atom is 0.332 e. The minimum absolute atomic E-state index is 0.157. The molecule has 0 spiro atoms. The third kappa shape index (κ3) is 4.88. The summed E-state index contributed by atoms with van der Waals surface area (Å²) in [6.07, 6.45) is 0. The molecular formula is C14H19N3O4. The van der Waals surface area contributed by atoms with E-state index in [1.807, 2.05) is 0 Å². The quantitative estimate of drug-likeness (QED) is 0.549. The van der Waals surface area contributed by atoms with Gasteiger partial charge in [-0.05, 0) is 37.6 Å². The molecule has 0 saturated carbocycles. The molecule has 0 fully saturated rings. The van der Waals surface area contributed by atoms with E-state index in [1.165, 1.54) is 6.92 Å². The van der Waals surface area contributed by atoms with Crippen LogP contribution in [0.3, 0.4) is 0 Å². The second-order valence-corrected chi connectivity index (χ2v) is 4.43. The van der Waals surface area contributed by atoms with E-state index in [9.17, 15) is 14.4 Å². The fraction of sp³-hybridized carbons (Fsp3) is 0.357. The summed E-state index contributed by atoms with van der Waals surface area (Å²) in [4.78, 5) is 34.2. The molecule has 0 saturated heterocycles. The van der Waals surface area contributed by atoms with Gasteiger partial charge in [-0.15, -0.1) is 0 Å². The Kier molecular flexibility index (Phi) is 5.86. The summed E-state index contributed by atoms with van der Waals surface area (Å²) in [5, 5.41) is 5.19. The number of esters is 1. The van der Waals surface area contributed by atoms with Gasteiger partial charge in [0.1, 0.15) is 0 Å². The van der Waals surface area contributed by atoms with Crippen molar-refractivity contribution in [2.45, 2.75) is 26.8 Å². The predicted molar refractivity (Wildman–Crippen MR) is 78.7 cm³/mol. The Labute approximate surface area is 122 Å². The minimum Gasteiger partial charge on any atom is -0.464 e. The first-order valence-corrected chi connectivity index (χ1v) is 6.46. The van der Waals surface area contributed by atoms with Gasteiger partial charge in [0, 0.05) is 18.3 Å². The van der Waals surface area contributed by atoms with Crippen LogP contribution in [-0.2, 0) is 19.1 Å². The van der Waals surface area contributed by atoms with Gasteiger partial charge < -0.3 is 21.1 Å². The highest BCUT2D eigenvalue weighted by Crippen LogP contribution is 2.19. The number of aryl methyl sites for hydroxylation is 1. The summed E-state index contributed by atoms with van der Waals surface area (Å²) in [5.41, 5.74) is 7.38. The van der Waals surface area contributed by atoms with Gasteiger partial charge in [-0.3, -0.25) is 9.59 Å². The number of nitrogens with two attached hydrogens (primary N) is 1. The normalized spacial score (nSPS) is 11.4. The van der Waals surface area contributed by atoms with Crippen LogP contribution in [0.15, 0.2) is 18.2 Å². The van der Waals surface area contributed by atoms with E-state index in [0.29, 0.717) is 11.4 Å². The third-order valence-electron chi connectivity index (χ3n) is 2.63. The van der Waals surface area contributed by atoms with Crippen molar-refractivity contribution in [1.29, 1.82) is 0 Å². The number of benzene rings is 1. The van der Waals surface area contributed by atoms with Gasteiger partial charge >= 0.3 is 5.97 Å². The molecule has 0 aliphatic rings. The first-order valence-electron chi connectivity index (χ1n) is 6.46. The number of hydrogen-bond donors (Lipinski definition) is 3. The van der Waals surface area contributed by atoms with Crippen LogP contribution in [0.5, 0.6) is 0 Å². The van der Waals surface area contributed by atoms with Gasteiger partial charge in [-0.1, -0.05) is 0 Å². The molecule has 7 heteroatoms. The third-order valence-corrected chi connectivity index (χ3v) is 2.63. The van der Waals surface area contributed by atoms with Crippen LogP contribution in [0.25, 0.3) is 0 Å². The predicted octanol–water partition coefficient (Wildman–Crippen LogP) is 0.782. The SMILES string of the molecule is CCOC(=O)C(N)C(=O)Nc1ccc(NC(C)=O)c(C)c1. The van der Waals surface area contributed by atoms with Gasteiger partial charge in [0.2, 0.25) is 5.91 Å². The Morgan fingerprint density at radius 1 is 1.29 bits per heavy atom. The van der Waals surface area contributed by atoms with Crippen molar-refractivity contribution < 1.29 is 19.1 Å². The minimum atomic E-state index is -1.37. The maximum absolute atomic E-state index is 11.8. The summed E-state index contributed by atoms with van der Waals surface area (Å²) in [6, 6.07) is 3.55. The van der Waals surface area contributed by atoms with E-state index >= 15 is 0 Å². The fourth-order valence-corrected chi connectivity index (χ4v) is 1.63. The van der Waals surface area contributed by atoms with E-state index in [-0.39, 0.29) is 12.5 Å². The number of ether oxygens (including phenoxy) is 1. The number of hydrogen-bond acceptors (Lipinski definition) is 5. The van der Waals surface area contributed by atoms with Gasteiger partial charge in [-0.25, -0.2) is 4.79 Å². The van der Waals surface area contributed by atoms with Crippen LogP contribution in [0.1, 0.15) is 19.4 Å². The molecule has 4 N–H and O–H groups in total. The molecule has 0 aliphatic heterocycles. The maximum atomic E-state index is 11.8. The highest BCUT2D eigenvalue weighted by Gasteiger charge is 2.23. The lowest BCUT2D eigenvalue weighted by molar-refractivity contribution is -0.147. The Hall–Kier alpha value is -2.41. The van der Waals surface area contributed by atoms with Gasteiger partial charge in [0.05, 0.1) is 6.61 Å². The number of amides is 2. The summed E-state index contributed by atoms with van der Waals surface area (Å²) in [7, 11) is 0. The smallest absolute Gasteiger partial charge is 0.332 e. The number of anilines is 2. The number of carbonyl (C=O) groups excluding carboxylic acids is 3. The zero-order chi connectivity index (χ0) is 16.0. The van der Waals surface area contributed by atoms with Crippen molar-refractivity contribution in [3.63, 3.8) is 0 Å². The first-order chi connectivity index (χ1) is 9.85. The lowest BCUT2D eigenvalue weighted by Crippen LogP contribution is -2.43. The Morgan fingerprint density at radius 3 is 2.48 bits per heavy atom. The number of nitrogens with one attached hydrogen (secondary N) is 2. The van der Waals surface area contributed by atoms with E-state index in [0.717, 1.165) is 5.56 Å². The first kappa shape index (κ1) is 16.6. The highest BCUT2D eigenvalue weighted by molar-refractivity contribution is 6.08. The summed E-state index contributed by atoms with van der Waals surface area (Å²) in [5.74, 6) is -1.61. The zero-order valence-corrected chi connectivity index (χ0v) is 12.2. The van der Waals surface area contributed by atoms with Crippen molar-refractivity contribution >= 4 is 29.2 Å². The lowest BCUT2D eigenvalue weighted by Gasteiger charge is -2.13. The topological polar surface area (TPSA) is 111 Å². The molecule has 0 heterocycles. The van der Waals surface area contributed by atoms with Gasteiger partial charge in [0.25, 0.3) is 5.91 Å². The molecule has 21 heavy (non-hydrogen) atoms. The van der Waals surface area contributed by atoms with E-state index in [1.54, 1.807) is 32.0 Å². The van der Waals surface area contributed by atoms with Crippen molar-refractivity contribution in [3.05, 3.63) is 23.8 Å². The number of rotatable bonds is 5. The molecular weight excluding hydrogens is 274 g/mol. The number of carbonyl (C=O) groups is 3. The average Bonchev–Trinajstić information content (AvgIpc) is 2.40. The van der Waals surface area contributed by atoms with Crippen LogP contribution in [-0.4, -0.2) is 30.4 Å². The van der Waals surface area contributed by atoms with Crippen molar-refractivity contribution in [2.24, 2.45) is 5.73 Å². The Morgan fingerprint density at radius 2 is 1.95 bits per heavy atom. The van der Waals surface area contributed by atoms with Crippen LogP contribution in [0, 0.1) is 6.92 Å². The molecule has 1 aromatic carbocycles. The molecule has 0 aliphatic carbocycles. The lowest BCUT2D eigenvalue weighted by atomic mass is 10.1. The van der Waals surface area contributed by atoms with Crippen LogP contribution in [0.2, 0.25) is 0 Å². The Bertz CT molecular complexity index is 557. The molecule has 7 nitrogen and oxygen atoms in total. The molecule has 1 atom stereocenters. The van der Waals surface area contributed by atoms with Crippen LogP contribution in [0.4, 0.5) is 11.4 Å². The molecule has 0 radical (unpaired) electrons.